The van der Waals surface area contributed by atoms with Crippen LogP contribution in [0.25, 0.3) is 0 Å². The van der Waals surface area contributed by atoms with Crippen LogP contribution in [0.3, 0.4) is 0 Å². The topological polar surface area (TPSA) is 92.3 Å². The van der Waals surface area contributed by atoms with Crippen LogP contribution in [0.1, 0.15) is 47.8 Å². The Morgan fingerprint density at radius 3 is 2.38 bits per heavy atom. The van der Waals surface area contributed by atoms with Gasteiger partial charge in [-0.15, -0.1) is 0 Å². The molecule has 29 heavy (non-hydrogen) atoms. The maximum atomic E-state index is 13.0. The Morgan fingerprint density at radius 2 is 1.69 bits per heavy atom. The first kappa shape index (κ1) is 21.0. The van der Waals surface area contributed by atoms with Crippen LogP contribution in [0.5, 0.6) is 0 Å². The van der Waals surface area contributed by atoms with Gasteiger partial charge in [0.25, 0.3) is 5.91 Å². The average molecular weight is 415 g/mol. The van der Waals surface area contributed by atoms with Crippen molar-refractivity contribution in [1.82, 2.24) is 10.6 Å². The summed E-state index contributed by atoms with van der Waals surface area (Å²) in [6, 6.07) is 12.8. The van der Waals surface area contributed by atoms with Crippen molar-refractivity contribution in [2.24, 2.45) is 5.92 Å². The minimum atomic E-state index is -3.33. The van der Waals surface area contributed by atoms with Crippen molar-refractivity contribution in [1.29, 1.82) is 0 Å². The molecule has 0 bridgehead atoms. The van der Waals surface area contributed by atoms with Crippen molar-refractivity contribution in [3.63, 3.8) is 0 Å². The van der Waals surface area contributed by atoms with Crippen LogP contribution in [-0.4, -0.2) is 32.0 Å². The molecule has 2 aromatic carbocycles. The van der Waals surface area contributed by atoms with Crippen LogP contribution < -0.4 is 10.6 Å². The van der Waals surface area contributed by atoms with Gasteiger partial charge in [-0.1, -0.05) is 50.2 Å². The second-order valence-corrected chi connectivity index (χ2v) is 9.79. The summed E-state index contributed by atoms with van der Waals surface area (Å²) in [5, 5.41) is 5.78. The number of sulfone groups is 1. The zero-order valence-corrected chi connectivity index (χ0v) is 17.6. The fourth-order valence-electron chi connectivity index (χ4n) is 3.58. The number of rotatable bonds is 5. The third kappa shape index (κ3) is 4.50. The molecule has 0 radical (unpaired) electrons. The first-order chi connectivity index (χ1) is 13.7. The van der Waals surface area contributed by atoms with Gasteiger partial charge in [0, 0.05) is 5.56 Å². The predicted molar refractivity (Wildman–Crippen MR) is 111 cm³/mol. The van der Waals surface area contributed by atoms with Crippen LogP contribution >= 0.6 is 0 Å². The Labute approximate surface area is 171 Å². The molecule has 0 saturated carbocycles. The Balaban J connectivity index is 1.79. The molecular formula is C22H26N2O4S. The number of amides is 2. The van der Waals surface area contributed by atoms with E-state index in [0.717, 1.165) is 5.56 Å². The number of fused-ring (bicyclic) bond motifs is 1. The molecule has 154 valence electrons. The molecule has 1 heterocycles. The lowest BCUT2D eigenvalue weighted by Gasteiger charge is -2.29. The fraction of sp³-hybridized carbons (Fsp3) is 0.364. The Hall–Kier alpha value is -2.67. The van der Waals surface area contributed by atoms with Gasteiger partial charge in [-0.05, 0) is 42.5 Å². The lowest BCUT2D eigenvalue weighted by atomic mass is 9.99. The van der Waals surface area contributed by atoms with Gasteiger partial charge >= 0.3 is 0 Å². The SMILES string of the molecule is Cc1ccccc1C(=O)NC(C(=O)NC1CCS(=O)(=O)c2ccccc21)C(C)C. The van der Waals surface area contributed by atoms with Crippen LogP contribution in [0.2, 0.25) is 0 Å². The van der Waals surface area contributed by atoms with Crippen LogP contribution in [-0.2, 0) is 14.6 Å². The lowest BCUT2D eigenvalue weighted by molar-refractivity contribution is -0.124. The Morgan fingerprint density at radius 1 is 1.03 bits per heavy atom. The summed E-state index contributed by atoms with van der Waals surface area (Å²) in [4.78, 5) is 26.0. The van der Waals surface area contributed by atoms with E-state index < -0.39 is 21.9 Å². The van der Waals surface area contributed by atoms with E-state index in [2.05, 4.69) is 10.6 Å². The first-order valence-corrected chi connectivity index (χ1v) is 11.3. The van der Waals surface area contributed by atoms with Crippen LogP contribution in [0.4, 0.5) is 0 Å². The molecule has 1 aliphatic rings. The smallest absolute Gasteiger partial charge is 0.252 e. The monoisotopic (exact) mass is 414 g/mol. The number of carbonyl (C=O) groups is 2. The molecule has 0 spiro atoms. The maximum Gasteiger partial charge on any atom is 0.252 e. The van der Waals surface area contributed by atoms with Crippen molar-refractivity contribution in [2.75, 3.05) is 5.75 Å². The largest absolute Gasteiger partial charge is 0.347 e. The zero-order chi connectivity index (χ0) is 21.2. The molecule has 6 nitrogen and oxygen atoms in total. The van der Waals surface area contributed by atoms with Gasteiger partial charge < -0.3 is 10.6 Å². The zero-order valence-electron chi connectivity index (χ0n) is 16.8. The van der Waals surface area contributed by atoms with Crippen molar-refractivity contribution >= 4 is 21.7 Å². The second kappa shape index (κ2) is 8.37. The van der Waals surface area contributed by atoms with Crippen LogP contribution in [0, 0.1) is 12.8 Å². The van der Waals surface area contributed by atoms with E-state index in [1.165, 1.54) is 0 Å². The van der Waals surface area contributed by atoms with E-state index in [1.807, 2.05) is 32.9 Å². The Kier molecular flexibility index (Phi) is 6.07. The number of aryl methyl sites for hydroxylation is 1. The summed E-state index contributed by atoms with van der Waals surface area (Å²) >= 11 is 0. The highest BCUT2D eigenvalue weighted by Crippen LogP contribution is 2.32. The maximum absolute atomic E-state index is 13.0. The molecule has 7 heteroatoms. The van der Waals surface area contributed by atoms with Gasteiger partial charge in [0.2, 0.25) is 5.91 Å². The van der Waals surface area contributed by atoms with E-state index in [1.54, 1.807) is 36.4 Å². The van der Waals surface area contributed by atoms with E-state index in [9.17, 15) is 18.0 Å². The van der Waals surface area contributed by atoms with Gasteiger partial charge in [0.05, 0.1) is 16.7 Å². The fourth-order valence-corrected chi connectivity index (χ4v) is 5.20. The normalized spacial score (nSPS) is 18.6. The van der Waals surface area contributed by atoms with Crippen molar-refractivity contribution in [3.8, 4) is 0 Å². The van der Waals surface area contributed by atoms with Crippen LogP contribution in [0.15, 0.2) is 53.4 Å². The molecule has 2 aromatic rings. The summed E-state index contributed by atoms with van der Waals surface area (Å²) in [5.41, 5.74) is 1.96. The van der Waals surface area contributed by atoms with Gasteiger partial charge in [0.15, 0.2) is 9.84 Å². The van der Waals surface area contributed by atoms with E-state index in [-0.39, 0.29) is 28.4 Å². The van der Waals surface area contributed by atoms with Gasteiger partial charge in [-0.2, -0.15) is 0 Å². The van der Waals surface area contributed by atoms with E-state index in [4.69, 9.17) is 0 Å². The molecule has 2 amide bonds. The molecule has 2 unspecified atom stereocenters. The quantitative estimate of drug-likeness (QED) is 0.787. The first-order valence-electron chi connectivity index (χ1n) is 9.69. The van der Waals surface area contributed by atoms with E-state index in [0.29, 0.717) is 17.5 Å². The highest BCUT2D eigenvalue weighted by Gasteiger charge is 2.33. The molecule has 0 aromatic heterocycles. The van der Waals surface area contributed by atoms with Crippen molar-refractivity contribution in [2.45, 2.75) is 44.2 Å². The van der Waals surface area contributed by atoms with Crippen molar-refractivity contribution < 1.29 is 18.0 Å². The molecule has 2 N–H and O–H groups in total. The minimum absolute atomic E-state index is 0.0170. The number of benzene rings is 2. The second-order valence-electron chi connectivity index (χ2n) is 7.72. The molecule has 1 aliphatic heterocycles. The highest BCUT2D eigenvalue weighted by atomic mass is 32.2. The molecule has 0 saturated heterocycles. The third-order valence-corrected chi connectivity index (χ3v) is 7.06. The number of carbonyl (C=O) groups excluding carboxylic acids is 2. The average Bonchev–Trinajstić information content (AvgIpc) is 2.68. The van der Waals surface area contributed by atoms with E-state index >= 15 is 0 Å². The van der Waals surface area contributed by atoms with Crippen molar-refractivity contribution in [3.05, 3.63) is 65.2 Å². The lowest BCUT2D eigenvalue weighted by Crippen LogP contribution is -2.51. The minimum Gasteiger partial charge on any atom is -0.347 e. The summed E-state index contributed by atoms with van der Waals surface area (Å²) in [6.45, 7) is 5.57. The molecule has 2 atom stereocenters. The number of nitrogens with one attached hydrogen (secondary N) is 2. The molecule has 0 fully saturated rings. The highest BCUT2D eigenvalue weighted by molar-refractivity contribution is 7.91. The van der Waals surface area contributed by atoms with Gasteiger partial charge in [0.1, 0.15) is 6.04 Å². The number of hydrogen-bond donors (Lipinski definition) is 2. The summed E-state index contributed by atoms with van der Waals surface area (Å²) in [6.07, 6.45) is 0.307. The molecule has 0 aliphatic carbocycles. The number of hydrogen-bond acceptors (Lipinski definition) is 4. The summed E-state index contributed by atoms with van der Waals surface area (Å²) in [7, 11) is -3.33. The van der Waals surface area contributed by atoms with Gasteiger partial charge in [-0.25, -0.2) is 8.42 Å². The standard InChI is InChI=1S/C22H26N2O4S/c1-14(2)20(24-21(25)16-9-5-4-8-15(16)3)22(26)23-18-12-13-29(27,28)19-11-7-6-10-17(18)19/h4-11,14,18,20H,12-13H2,1-3H3,(H,23,26)(H,24,25). The third-order valence-electron chi connectivity index (χ3n) is 5.25. The summed E-state index contributed by atoms with van der Waals surface area (Å²) < 4.78 is 24.6. The predicted octanol–water partition coefficient (Wildman–Crippen LogP) is 2.78. The molecule has 3 rings (SSSR count). The van der Waals surface area contributed by atoms with Gasteiger partial charge in [-0.3, -0.25) is 9.59 Å². The molecular weight excluding hydrogens is 388 g/mol. The Bertz CT molecular complexity index is 1030. The summed E-state index contributed by atoms with van der Waals surface area (Å²) in [5.74, 6) is -0.771.